The van der Waals surface area contributed by atoms with Crippen LogP contribution in [0.5, 0.6) is 17.2 Å². The van der Waals surface area contributed by atoms with Crippen molar-refractivity contribution in [2.45, 2.75) is 12.8 Å². The lowest BCUT2D eigenvalue weighted by atomic mass is 10.0. The summed E-state index contributed by atoms with van der Waals surface area (Å²) >= 11 is 0. The van der Waals surface area contributed by atoms with E-state index in [1.54, 1.807) is 6.07 Å². The Labute approximate surface area is 138 Å². The quantitative estimate of drug-likeness (QED) is 0.572. The topological polar surface area (TPSA) is 70.8 Å². The molecule has 2 aromatic carbocycles. The van der Waals surface area contributed by atoms with Gasteiger partial charge >= 0.3 is 5.69 Å². The van der Waals surface area contributed by atoms with Crippen LogP contribution in [0.4, 0.5) is 10.1 Å². The monoisotopic (exact) mass is 335 g/mol. The Morgan fingerprint density at radius 3 is 2.04 bits per heavy atom. The number of benzene rings is 2. The van der Waals surface area contributed by atoms with Gasteiger partial charge in [-0.2, -0.15) is 4.39 Å². The van der Waals surface area contributed by atoms with Crippen molar-refractivity contribution >= 4 is 5.69 Å². The number of nitrogens with zero attached hydrogens (tertiary/aromatic N) is 1. The maximum atomic E-state index is 13.4. The Bertz CT molecular complexity index is 723. The molecule has 2 rings (SSSR count). The molecular weight excluding hydrogens is 317 g/mol. The van der Waals surface area contributed by atoms with Crippen molar-refractivity contribution < 1.29 is 23.5 Å². The summed E-state index contributed by atoms with van der Waals surface area (Å²) in [6.45, 7) is 0. The highest BCUT2D eigenvalue weighted by atomic mass is 19.1. The third kappa shape index (κ3) is 3.73. The Balaban J connectivity index is 2.23. The molecular formula is C17H18FNO5. The summed E-state index contributed by atoms with van der Waals surface area (Å²) in [6.07, 6.45) is 1.10. The number of hydrogen-bond acceptors (Lipinski definition) is 5. The van der Waals surface area contributed by atoms with Crippen molar-refractivity contribution in [3.05, 3.63) is 57.4 Å². The second-order valence-corrected chi connectivity index (χ2v) is 5.08. The lowest BCUT2D eigenvalue weighted by molar-refractivity contribution is -0.387. The van der Waals surface area contributed by atoms with E-state index in [1.807, 2.05) is 12.1 Å². The van der Waals surface area contributed by atoms with Gasteiger partial charge in [-0.3, -0.25) is 10.1 Å². The first kappa shape index (κ1) is 17.5. The van der Waals surface area contributed by atoms with Crippen LogP contribution in [0.25, 0.3) is 0 Å². The van der Waals surface area contributed by atoms with Gasteiger partial charge in [0.05, 0.1) is 26.3 Å². The van der Waals surface area contributed by atoms with Gasteiger partial charge in [0.15, 0.2) is 11.5 Å². The molecule has 0 spiro atoms. The van der Waals surface area contributed by atoms with E-state index in [4.69, 9.17) is 14.2 Å². The molecule has 0 aliphatic heterocycles. The SMILES string of the molecule is COc1cc(CCc2ccc(F)c([N+](=O)[O-])c2)cc(OC)c1OC. The molecule has 0 heterocycles. The van der Waals surface area contributed by atoms with Crippen LogP contribution in [-0.4, -0.2) is 26.3 Å². The van der Waals surface area contributed by atoms with Crippen LogP contribution in [0.2, 0.25) is 0 Å². The van der Waals surface area contributed by atoms with Gasteiger partial charge in [-0.25, -0.2) is 0 Å². The number of nitro benzene ring substituents is 1. The summed E-state index contributed by atoms with van der Waals surface area (Å²) < 4.78 is 29.2. The largest absolute Gasteiger partial charge is 0.493 e. The van der Waals surface area contributed by atoms with Gasteiger partial charge in [0, 0.05) is 6.07 Å². The van der Waals surface area contributed by atoms with E-state index in [0.717, 1.165) is 11.6 Å². The third-order valence-electron chi connectivity index (χ3n) is 3.63. The van der Waals surface area contributed by atoms with Crippen LogP contribution < -0.4 is 14.2 Å². The molecule has 0 aliphatic rings. The van der Waals surface area contributed by atoms with Crippen molar-refractivity contribution in [3.63, 3.8) is 0 Å². The van der Waals surface area contributed by atoms with Crippen LogP contribution in [0.1, 0.15) is 11.1 Å². The minimum atomic E-state index is -0.837. The summed E-state index contributed by atoms with van der Waals surface area (Å²) in [5.74, 6) is 0.742. The van der Waals surface area contributed by atoms with Crippen LogP contribution in [0, 0.1) is 15.9 Å². The Hall–Kier alpha value is -2.83. The second kappa shape index (κ2) is 7.63. The highest BCUT2D eigenvalue weighted by molar-refractivity contribution is 5.54. The Morgan fingerprint density at radius 1 is 0.958 bits per heavy atom. The highest BCUT2D eigenvalue weighted by Crippen LogP contribution is 2.38. The van der Waals surface area contributed by atoms with Crippen molar-refractivity contribution in [3.8, 4) is 17.2 Å². The maximum Gasteiger partial charge on any atom is 0.305 e. The molecule has 0 N–H and O–H groups in total. The molecule has 0 aliphatic carbocycles. The van der Waals surface area contributed by atoms with Gasteiger partial charge in [-0.15, -0.1) is 0 Å². The van der Waals surface area contributed by atoms with E-state index in [-0.39, 0.29) is 0 Å². The lowest BCUT2D eigenvalue weighted by Crippen LogP contribution is -1.99. The van der Waals surface area contributed by atoms with Crippen molar-refractivity contribution in [1.82, 2.24) is 0 Å². The molecule has 0 saturated heterocycles. The molecule has 7 heteroatoms. The first-order valence-corrected chi connectivity index (χ1v) is 7.21. The van der Waals surface area contributed by atoms with Gasteiger partial charge in [-0.1, -0.05) is 6.07 Å². The van der Waals surface area contributed by atoms with Crippen LogP contribution in [-0.2, 0) is 12.8 Å². The van der Waals surface area contributed by atoms with Gasteiger partial charge in [-0.05, 0) is 42.2 Å². The zero-order valence-corrected chi connectivity index (χ0v) is 13.7. The van der Waals surface area contributed by atoms with Gasteiger partial charge in [0.25, 0.3) is 0 Å². The molecule has 0 unspecified atom stereocenters. The normalized spacial score (nSPS) is 10.3. The smallest absolute Gasteiger partial charge is 0.305 e. The lowest BCUT2D eigenvalue weighted by Gasteiger charge is -2.14. The number of hydrogen-bond donors (Lipinski definition) is 0. The first-order valence-electron chi connectivity index (χ1n) is 7.21. The number of ether oxygens (including phenoxy) is 3. The number of halogens is 1. The van der Waals surface area contributed by atoms with Gasteiger partial charge in [0.1, 0.15) is 0 Å². The first-order chi connectivity index (χ1) is 11.5. The van der Waals surface area contributed by atoms with Crippen LogP contribution >= 0.6 is 0 Å². The molecule has 128 valence electrons. The average molecular weight is 335 g/mol. The summed E-state index contributed by atoms with van der Waals surface area (Å²) in [5, 5.41) is 10.8. The molecule has 0 atom stereocenters. The third-order valence-corrected chi connectivity index (χ3v) is 3.63. The van der Waals surface area contributed by atoms with Crippen molar-refractivity contribution in [1.29, 1.82) is 0 Å². The van der Waals surface area contributed by atoms with E-state index in [1.165, 1.54) is 27.4 Å². The molecule has 0 bridgehead atoms. The maximum absolute atomic E-state index is 13.4. The van der Waals surface area contributed by atoms with Crippen molar-refractivity contribution in [2.75, 3.05) is 21.3 Å². The minimum Gasteiger partial charge on any atom is -0.493 e. The highest BCUT2D eigenvalue weighted by Gasteiger charge is 2.16. The van der Waals surface area contributed by atoms with E-state index >= 15 is 0 Å². The van der Waals surface area contributed by atoms with Crippen LogP contribution in [0.15, 0.2) is 30.3 Å². The van der Waals surface area contributed by atoms with Gasteiger partial charge in [0.2, 0.25) is 11.6 Å². The summed E-state index contributed by atoms with van der Waals surface area (Å²) in [7, 11) is 4.59. The zero-order valence-electron chi connectivity index (χ0n) is 13.7. The minimum absolute atomic E-state index is 0.501. The molecule has 0 fully saturated rings. The van der Waals surface area contributed by atoms with E-state index in [0.29, 0.717) is 35.7 Å². The summed E-state index contributed by atoms with van der Waals surface area (Å²) in [5.41, 5.74) is 1.07. The molecule has 0 saturated carbocycles. The number of nitro groups is 1. The predicted octanol–water partition coefficient (Wildman–Crippen LogP) is 3.54. The second-order valence-electron chi connectivity index (χ2n) is 5.08. The summed E-state index contributed by atoms with van der Waals surface area (Å²) in [6, 6.07) is 7.55. The molecule has 2 aromatic rings. The van der Waals surface area contributed by atoms with Crippen molar-refractivity contribution in [2.24, 2.45) is 0 Å². The van der Waals surface area contributed by atoms with E-state index in [2.05, 4.69) is 0 Å². The molecule has 0 amide bonds. The van der Waals surface area contributed by atoms with Gasteiger partial charge < -0.3 is 14.2 Å². The fourth-order valence-corrected chi connectivity index (χ4v) is 2.42. The molecule has 0 aromatic heterocycles. The van der Waals surface area contributed by atoms with E-state index < -0.39 is 16.4 Å². The predicted molar refractivity (Wildman–Crippen MR) is 86.6 cm³/mol. The van der Waals surface area contributed by atoms with Crippen LogP contribution in [0.3, 0.4) is 0 Å². The standard InChI is InChI=1S/C17H18FNO5/c1-22-15-9-12(10-16(23-2)17(15)24-3)5-4-11-6-7-13(18)14(8-11)19(20)21/h6-10H,4-5H2,1-3H3. The number of rotatable bonds is 7. The number of aryl methyl sites for hydroxylation is 2. The molecule has 6 nitrogen and oxygen atoms in total. The summed E-state index contributed by atoms with van der Waals surface area (Å²) in [4.78, 5) is 10.1. The molecule has 24 heavy (non-hydrogen) atoms. The Kier molecular flexibility index (Phi) is 5.57. The average Bonchev–Trinajstić information content (AvgIpc) is 2.59. The Morgan fingerprint density at radius 2 is 1.54 bits per heavy atom. The number of methoxy groups -OCH3 is 3. The zero-order chi connectivity index (χ0) is 17.7. The fraction of sp³-hybridized carbons (Fsp3) is 0.294. The fourth-order valence-electron chi connectivity index (χ4n) is 2.42. The molecule has 0 radical (unpaired) electrons. The van der Waals surface area contributed by atoms with E-state index in [9.17, 15) is 14.5 Å².